The summed E-state index contributed by atoms with van der Waals surface area (Å²) >= 11 is 0. The van der Waals surface area contributed by atoms with Crippen LogP contribution in [0.5, 0.6) is 0 Å². The Hall–Kier alpha value is -0.570. The number of unbranched alkanes of at least 4 members (excludes halogenated alkanes) is 6. The molecule has 0 aliphatic heterocycles. The average Bonchev–Trinajstić information content (AvgIpc) is 2.49. The fourth-order valence-electron chi connectivity index (χ4n) is 2.79. The smallest absolute Gasteiger partial charge is 0.223 e. The fraction of sp³-hybridized carbons (Fsp3) is 0.947. The van der Waals surface area contributed by atoms with E-state index in [-0.39, 0.29) is 5.92 Å². The van der Waals surface area contributed by atoms with Gasteiger partial charge in [0.25, 0.3) is 0 Å². The minimum atomic E-state index is 0.244. The molecule has 0 aromatic carbocycles. The van der Waals surface area contributed by atoms with Gasteiger partial charge in [0, 0.05) is 12.5 Å². The number of nitrogens with zero attached hydrogens (tertiary/aromatic N) is 1. The van der Waals surface area contributed by atoms with Crippen LogP contribution in [0.4, 0.5) is 0 Å². The predicted octanol–water partition coefficient (Wildman–Crippen LogP) is 4.61. The molecule has 1 N–H and O–H groups in total. The second-order valence-corrected chi connectivity index (χ2v) is 6.84. The van der Waals surface area contributed by atoms with Crippen LogP contribution in [-0.4, -0.2) is 38.0 Å². The molecule has 0 unspecified atom stereocenters. The first kappa shape index (κ1) is 21.4. The Bertz CT molecular complexity index is 242. The van der Waals surface area contributed by atoms with Crippen LogP contribution in [0.1, 0.15) is 84.5 Å². The van der Waals surface area contributed by atoms with E-state index in [0.717, 1.165) is 32.4 Å². The third kappa shape index (κ3) is 13.1. The van der Waals surface area contributed by atoms with Gasteiger partial charge in [-0.15, -0.1) is 0 Å². The maximum atomic E-state index is 12.4. The van der Waals surface area contributed by atoms with E-state index in [2.05, 4.69) is 38.2 Å². The summed E-state index contributed by atoms with van der Waals surface area (Å²) in [5.41, 5.74) is 0. The lowest BCUT2D eigenvalue weighted by atomic mass is 9.93. The van der Waals surface area contributed by atoms with Crippen molar-refractivity contribution in [2.75, 3.05) is 27.2 Å². The number of hydrogen-bond donors (Lipinski definition) is 1. The average molecular weight is 313 g/mol. The van der Waals surface area contributed by atoms with Crippen LogP contribution in [0, 0.1) is 5.92 Å². The van der Waals surface area contributed by atoms with Crippen LogP contribution in [0.25, 0.3) is 0 Å². The molecule has 0 saturated carbocycles. The summed E-state index contributed by atoms with van der Waals surface area (Å²) in [4.78, 5) is 14.6. The zero-order valence-electron chi connectivity index (χ0n) is 15.6. The molecular formula is C19H40N2O. The molecule has 0 aliphatic rings. The molecule has 0 rings (SSSR count). The number of hydrogen-bond acceptors (Lipinski definition) is 2. The van der Waals surface area contributed by atoms with Crippen molar-refractivity contribution in [1.29, 1.82) is 0 Å². The van der Waals surface area contributed by atoms with E-state index in [1.54, 1.807) is 0 Å². The molecule has 3 heteroatoms. The van der Waals surface area contributed by atoms with Crippen molar-refractivity contribution in [3.05, 3.63) is 0 Å². The van der Waals surface area contributed by atoms with Crippen LogP contribution in [-0.2, 0) is 4.79 Å². The molecule has 132 valence electrons. The van der Waals surface area contributed by atoms with Gasteiger partial charge in [0.15, 0.2) is 0 Å². The van der Waals surface area contributed by atoms with Gasteiger partial charge in [0.2, 0.25) is 5.91 Å². The lowest BCUT2D eigenvalue weighted by molar-refractivity contribution is -0.125. The van der Waals surface area contributed by atoms with Crippen molar-refractivity contribution < 1.29 is 4.79 Å². The first-order valence-electron chi connectivity index (χ1n) is 9.54. The summed E-state index contributed by atoms with van der Waals surface area (Å²) in [6.45, 7) is 6.33. The summed E-state index contributed by atoms with van der Waals surface area (Å²) in [5, 5.41) is 3.15. The summed E-state index contributed by atoms with van der Waals surface area (Å²) in [7, 11) is 4.15. The van der Waals surface area contributed by atoms with E-state index in [0.29, 0.717) is 5.91 Å². The lowest BCUT2D eigenvalue weighted by Crippen LogP contribution is -2.32. The Morgan fingerprint density at radius 1 is 0.864 bits per heavy atom. The lowest BCUT2D eigenvalue weighted by Gasteiger charge is -2.17. The van der Waals surface area contributed by atoms with Gasteiger partial charge in [-0.3, -0.25) is 4.79 Å². The third-order valence-electron chi connectivity index (χ3n) is 4.26. The maximum Gasteiger partial charge on any atom is 0.223 e. The van der Waals surface area contributed by atoms with Gasteiger partial charge in [-0.2, -0.15) is 0 Å². The van der Waals surface area contributed by atoms with Crippen LogP contribution in [0.2, 0.25) is 0 Å². The first-order chi connectivity index (χ1) is 10.6. The molecule has 0 aromatic rings. The number of carbonyl (C=O) groups excluding carboxylic acids is 1. The monoisotopic (exact) mass is 312 g/mol. The Kier molecular flexibility index (Phi) is 14.9. The summed E-state index contributed by atoms with van der Waals surface area (Å²) < 4.78 is 0. The Balaban J connectivity index is 4.02. The van der Waals surface area contributed by atoms with Crippen LogP contribution < -0.4 is 5.32 Å². The summed E-state index contributed by atoms with van der Waals surface area (Å²) in [5.74, 6) is 0.542. The van der Waals surface area contributed by atoms with Gasteiger partial charge >= 0.3 is 0 Å². The van der Waals surface area contributed by atoms with Gasteiger partial charge in [-0.25, -0.2) is 0 Å². The number of nitrogens with one attached hydrogen (secondary N) is 1. The van der Waals surface area contributed by atoms with Gasteiger partial charge in [0.1, 0.15) is 0 Å². The summed E-state index contributed by atoms with van der Waals surface area (Å²) in [6.07, 6.45) is 13.3. The fourth-order valence-corrected chi connectivity index (χ4v) is 2.79. The zero-order valence-corrected chi connectivity index (χ0v) is 15.6. The van der Waals surface area contributed by atoms with Crippen molar-refractivity contribution in [3.63, 3.8) is 0 Å². The van der Waals surface area contributed by atoms with Gasteiger partial charge in [-0.1, -0.05) is 65.2 Å². The highest BCUT2D eigenvalue weighted by atomic mass is 16.1. The van der Waals surface area contributed by atoms with E-state index in [1.165, 1.54) is 51.4 Å². The molecule has 1 amide bonds. The number of carbonyl (C=O) groups is 1. The van der Waals surface area contributed by atoms with Crippen LogP contribution in [0.3, 0.4) is 0 Å². The largest absolute Gasteiger partial charge is 0.356 e. The van der Waals surface area contributed by atoms with E-state index in [4.69, 9.17) is 0 Å². The Labute approximate surface area is 139 Å². The van der Waals surface area contributed by atoms with Crippen molar-refractivity contribution in [2.24, 2.45) is 5.92 Å². The topological polar surface area (TPSA) is 32.3 Å². The Morgan fingerprint density at radius 2 is 1.41 bits per heavy atom. The number of rotatable bonds is 15. The van der Waals surface area contributed by atoms with Crippen molar-refractivity contribution in [2.45, 2.75) is 84.5 Å². The molecule has 3 nitrogen and oxygen atoms in total. The quantitative estimate of drug-likeness (QED) is 0.448. The molecule has 0 aliphatic carbocycles. The minimum Gasteiger partial charge on any atom is -0.356 e. The van der Waals surface area contributed by atoms with E-state index in [1.807, 2.05) is 0 Å². The first-order valence-corrected chi connectivity index (χ1v) is 9.54. The predicted molar refractivity (Wildman–Crippen MR) is 97.2 cm³/mol. The van der Waals surface area contributed by atoms with Crippen molar-refractivity contribution in [1.82, 2.24) is 10.2 Å². The van der Waals surface area contributed by atoms with Gasteiger partial charge in [-0.05, 0) is 39.9 Å². The van der Waals surface area contributed by atoms with Crippen molar-refractivity contribution >= 4 is 5.91 Å². The molecule has 22 heavy (non-hydrogen) atoms. The molecule has 0 radical (unpaired) electrons. The third-order valence-corrected chi connectivity index (χ3v) is 4.26. The molecule has 0 fully saturated rings. The van der Waals surface area contributed by atoms with Crippen LogP contribution >= 0.6 is 0 Å². The standard InChI is InChI=1S/C19H40N2O/c1-5-7-9-11-14-18(15-12-10-8-6-2)19(22)20-16-13-17-21(3)4/h18H,5-17H2,1-4H3,(H,20,22). The summed E-state index contributed by atoms with van der Waals surface area (Å²) in [6, 6.07) is 0. The van der Waals surface area contributed by atoms with Crippen molar-refractivity contribution in [3.8, 4) is 0 Å². The molecular weight excluding hydrogens is 272 g/mol. The minimum absolute atomic E-state index is 0.244. The van der Waals surface area contributed by atoms with Gasteiger partial charge < -0.3 is 10.2 Å². The second kappa shape index (κ2) is 15.3. The highest BCUT2D eigenvalue weighted by molar-refractivity contribution is 5.78. The molecule has 0 heterocycles. The normalized spacial score (nSPS) is 11.4. The zero-order chi connectivity index (χ0) is 16.6. The molecule has 0 aromatic heterocycles. The van der Waals surface area contributed by atoms with E-state index in [9.17, 15) is 4.79 Å². The Morgan fingerprint density at radius 3 is 1.86 bits per heavy atom. The molecule has 0 saturated heterocycles. The van der Waals surface area contributed by atoms with Gasteiger partial charge in [0.05, 0.1) is 0 Å². The number of amides is 1. The highest BCUT2D eigenvalue weighted by Crippen LogP contribution is 2.18. The second-order valence-electron chi connectivity index (χ2n) is 6.84. The molecule has 0 bridgehead atoms. The highest BCUT2D eigenvalue weighted by Gasteiger charge is 2.17. The maximum absolute atomic E-state index is 12.4. The van der Waals surface area contributed by atoms with E-state index >= 15 is 0 Å². The van der Waals surface area contributed by atoms with E-state index < -0.39 is 0 Å². The SMILES string of the molecule is CCCCCCC(CCCCCC)C(=O)NCCCN(C)C. The molecule has 0 spiro atoms. The van der Waals surface area contributed by atoms with Crippen LogP contribution in [0.15, 0.2) is 0 Å². The molecule has 0 atom stereocenters.